The second-order valence-electron chi connectivity index (χ2n) is 6.48. The highest BCUT2D eigenvalue weighted by atomic mass is 19.4. The number of rotatable bonds is 3. The van der Waals surface area contributed by atoms with Gasteiger partial charge in [-0.2, -0.15) is 13.2 Å². The Morgan fingerprint density at radius 3 is 2.27 bits per heavy atom. The van der Waals surface area contributed by atoms with Crippen LogP contribution in [0.5, 0.6) is 0 Å². The van der Waals surface area contributed by atoms with Crippen molar-refractivity contribution in [1.82, 2.24) is 4.90 Å². The first-order valence-corrected chi connectivity index (χ1v) is 7.84. The van der Waals surface area contributed by atoms with Crippen molar-refractivity contribution in [2.24, 2.45) is 17.8 Å². The summed E-state index contributed by atoms with van der Waals surface area (Å²) in [6.45, 7) is 0.784. The maximum absolute atomic E-state index is 12.6. The molecule has 0 aromatic rings. The SMILES string of the molecule is O=C(O)[C@@H]1CCCN(C(=O)CC2CCC(C(F)(F)F)CC2)C1. The van der Waals surface area contributed by atoms with Crippen molar-refractivity contribution in [1.29, 1.82) is 0 Å². The van der Waals surface area contributed by atoms with Gasteiger partial charge in [0.25, 0.3) is 0 Å². The first-order valence-electron chi connectivity index (χ1n) is 7.84. The molecule has 0 spiro atoms. The van der Waals surface area contributed by atoms with Gasteiger partial charge in [-0.1, -0.05) is 0 Å². The number of piperidine rings is 1. The third-order valence-electron chi connectivity index (χ3n) is 4.90. The number of halogens is 3. The van der Waals surface area contributed by atoms with Gasteiger partial charge < -0.3 is 10.0 Å². The lowest BCUT2D eigenvalue weighted by atomic mass is 9.80. The topological polar surface area (TPSA) is 57.6 Å². The number of carbonyl (C=O) groups is 2. The molecule has 1 saturated heterocycles. The molecule has 0 aromatic carbocycles. The van der Waals surface area contributed by atoms with Gasteiger partial charge in [0.05, 0.1) is 11.8 Å². The molecule has 0 unspecified atom stereocenters. The number of nitrogens with zero attached hydrogens (tertiary/aromatic N) is 1. The first-order chi connectivity index (χ1) is 10.3. The summed E-state index contributed by atoms with van der Waals surface area (Å²) in [4.78, 5) is 24.8. The predicted octanol–water partition coefficient (Wildman–Crippen LogP) is 3.07. The maximum atomic E-state index is 12.6. The number of carboxylic acids is 1. The van der Waals surface area contributed by atoms with E-state index in [1.54, 1.807) is 4.90 Å². The summed E-state index contributed by atoms with van der Waals surface area (Å²) in [7, 11) is 0. The molecule has 0 radical (unpaired) electrons. The van der Waals surface area contributed by atoms with E-state index < -0.39 is 24.0 Å². The highest BCUT2D eigenvalue weighted by Crippen LogP contribution is 2.40. The monoisotopic (exact) mass is 321 g/mol. The van der Waals surface area contributed by atoms with Crippen LogP contribution in [0.25, 0.3) is 0 Å². The Balaban J connectivity index is 1.79. The summed E-state index contributed by atoms with van der Waals surface area (Å²) in [6.07, 6.45) is -1.59. The molecule has 1 aliphatic carbocycles. The third-order valence-corrected chi connectivity index (χ3v) is 4.90. The lowest BCUT2D eigenvalue weighted by Gasteiger charge is -2.34. The van der Waals surface area contributed by atoms with Crippen LogP contribution in [0.3, 0.4) is 0 Å². The number of carbonyl (C=O) groups excluding carboxylic acids is 1. The Morgan fingerprint density at radius 2 is 1.73 bits per heavy atom. The Labute approximate surface area is 127 Å². The molecule has 2 rings (SSSR count). The number of hydrogen-bond acceptors (Lipinski definition) is 2. The van der Waals surface area contributed by atoms with Crippen molar-refractivity contribution in [2.45, 2.75) is 51.1 Å². The van der Waals surface area contributed by atoms with Crippen LogP contribution >= 0.6 is 0 Å². The Bertz CT molecular complexity index is 417. The molecule has 0 aromatic heterocycles. The zero-order chi connectivity index (χ0) is 16.3. The zero-order valence-electron chi connectivity index (χ0n) is 12.4. The third kappa shape index (κ3) is 4.36. The number of alkyl halides is 3. The lowest BCUT2D eigenvalue weighted by Crippen LogP contribution is -2.43. The average molecular weight is 321 g/mol. The van der Waals surface area contributed by atoms with Gasteiger partial charge in [0, 0.05) is 19.5 Å². The molecule has 2 fully saturated rings. The van der Waals surface area contributed by atoms with Crippen molar-refractivity contribution in [3.8, 4) is 0 Å². The van der Waals surface area contributed by atoms with Crippen LogP contribution in [0.4, 0.5) is 13.2 Å². The molecule has 22 heavy (non-hydrogen) atoms. The second-order valence-corrected chi connectivity index (χ2v) is 6.48. The first kappa shape index (κ1) is 17.1. The van der Waals surface area contributed by atoms with Crippen molar-refractivity contribution in [2.75, 3.05) is 13.1 Å². The molecule has 7 heteroatoms. The van der Waals surface area contributed by atoms with Gasteiger partial charge in [-0.05, 0) is 44.4 Å². The molecular formula is C15H22F3NO3. The van der Waals surface area contributed by atoms with Gasteiger partial charge in [0.1, 0.15) is 0 Å². The van der Waals surface area contributed by atoms with E-state index in [1.807, 2.05) is 0 Å². The van der Waals surface area contributed by atoms with Gasteiger partial charge in [-0.15, -0.1) is 0 Å². The van der Waals surface area contributed by atoms with Crippen LogP contribution in [0.1, 0.15) is 44.9 Å². The standard InChI is InChI=1S/C15H22F3NO3/c16-15(17,18)12-5-3-10(4-6-12)8-13(20)19-7-1-2-11(9-19)14(21)22/h10-12H,1-9H2,(H,21,22)/t10?,11-,12?/m1/s1. The van der Waals surface area contributed by atoms with Gasteiger partial charge >= 0.3 is 12.1 Å². The molecular weight excluding hydrogens is 299 g/mol. The second kappa shape index (κ2) is 6.87. The molecule has 126 valence electrons. The number of aliphatic carboxylic acids is 1. The van der Waals surface area contributed by atoms with E-state index in [1.165, 1.54) is 0 Å². The fourth-order valence-corrected chi connectivity index (χ4v) is 3.48. The van der Waals surface area contributed by atoms with Crippen LogP contribution in [0, 0.1) is 17.8 Å². The smallest absolute Gasteiger partial charge is 0.391 e. The van der Waals surface area contributed by atoms with Gasteiger partial charge in [0.2, 0.25) is 5.91 Å². The van der Waals surface area contributed by atoms with E-state index in [4.69, 9.17) is 5.11 Å². The molecule has 1 saturated carbocycles. The number of likely N-dealkylation sites (tertiary alicyclic amines) is 1. The summed E-state index contributed by atoms with van der Waals surface area (Å²) in [5.74, 6) is -2.75. The van der Waals surface area contributed by atoms with E-state index in [9.17, 15) is 22.8 Å². The normalized spacial score (nSPS) is 30.1. The van der Waals surface area contributed by atoms with Crippen molar-refractivity contribution in [3.05, 3.63) is 0 Å². The minimum absolute atomic E-state index is 0.00342. The number of amides is 1. The number of hydrogen-bond donors (Lipinski definition) is 1. The highest BCUT2D eigenvalue weighted by Gasteiger charge is 2.41. The summed E-state index contributed by atoms with van der Waals surface area (Å²) in [5, 5.41) is 9.02. The summed E-state index contributed by atoms with van der Waals surface area (Å²) >= 11 is 0. The Morgan fingerprint density at radius 1 is 1.09 bits per heavy atom. The van der Waals surface area contributed by atoms with E-state index in [0.29, 0.717) is 32.2 Å². The van der Waals surface area contributed by atoms with E-state index in [-0.39, 0.29) is 37.6 Å². The van der Waals surface area contributed by atoms with E-state index >= 15 is 0 Å². The summed E-state index contributed by atoms with van der Waals surface area (Å²) in [5.41, 5.74) is 0. The van der Waals surface area contributed by atoms with Crippen molar-refractivity contribution >= 4 is 11.9 Å². The molecule has 1 amide bonds. The Kier molecular flexibility index (Phi) is 5.34. The largest absolute Gasteiger partial charge is 0.481 e. The van der Waals surface area contributed by atoms with E-state index in [0.717, 1.165) is 0 Å². The molecule has 2 aliphatic rings. The van der Waals surface area contributed by atoms with Crippen molar-refractivity contribution in [3.63, 3.8) is 0 Å². The number of carboxylic acid groups (broad SMARTS) is 1. The quantitative estimate of drug-likeness (QED) is 0.869. The summed E-state index contributed by atoms with van der Waals surface area (Å²) in [6, 6.07) is 0. The molecule has 0 bridgehead atoms. The lowest BCUT2D eigenvalue weighted by molar-refractivity contribution is -0.184. The molecule has 1 atom stereocenters. The molecule has 1 heterocycles. The minimum atomic E-state index is -4.13. The Hall–Kier alpha value is -1.27. The minimum Gasteiger partial charge on any atom is -0.481 e. The van der Waals surface area contributed by atoms with E-state index in [2.05, 4.69) is 0 Å². The highest BCUT2D eigenvalue weighted by molar-refractivity contribution is 5.78. The molecule has 1 N–H and O–H groups in total. The fourth-order valence-electron chi connectivity index (χ4n) is 3.48. The molecule has 4 nitrogen and oxygen atoms in total. The van der Waals surface area contributed by atoms with Crippen LogP contribution < -0.4 is 0 Å². The fraction of sp³-hybridized carbons (Fsp3) is 0.867. The maximum Gasteiger partial charge on any atom is 0.391 e. The predicted molar refractivity (Wildman–Crippen MR) is 73.1 cm³/mol. The molecule has 1 aliphatic heterocycles. The van der Waals surface area contributed by atoms with Gasteiger partial charge in [-0.25, -0.2) is 0 Å². The van der Waals surface area contributed by atoms with Crippen LogP contribution in [0.15, 0.2) is 0 Å². The zero-order valence-corrected chi connectivity index (χ0v) is 12.4. The van der Waals surface area contributed by atoms with Crippen molar-refractivity contribution < 1.29 is 27.9 Å². The van der Waals surface area contributed by atoms with Crippen LogP contribution in [-0.4, -0.2) is 41.1 Å². The average Bonchev–Trinajstić information content (AvgIpc) is 2.47. The van der Waals surface area contributed by atoms with Crippen LogP contribution in [0.2, 0.25) is 0 Å². The van der Waals surface area contributed by atoms with Gasteiger partial charge in [0.15, 0.2) is 0 Å². The van der Waals surface area contributed by atoms with Crippen LogP contribution in [-0.2, 0) is 9.59 Å². The summed E-state index contributed by atoms with van der Waals surface area (Å²) < 4.78 is 37.8. The van der Waals surface area contributed by atoms with Gasteiger partial charge in [-0.3, -0.25) is 9.59 Å².